The van der Waals surface area contributed by atoms with Crippen molar-refractivity contribution in [3.8, 4) is 0 Å². The molecule has 2 aliphatic rings. The van der Waals surface area contributed by atoms with Gasteiger partial charge in [-0.25, -0.2) is 0 Å². The van der Waals surface area contributed by atoms with Gasteiger partial charge in [-0.3, -0.25) is 14.4 Å². The van der Waals surface area contributed by atoms with Crippen LogP contribution in [0.2, 0.25) is 0 Å². The summed E-state index contributed by atoms with van der Waals surface area (Å²) in [6, 6.07) is 0. The first-order valence-electron chi connectivity index (χ1n) is 6.22. The van der Waals surface area contributed by atoms with Crippen LogP contribution in [0, 0.1) is 5.41 Å². The third-order valence-corrected chi connectivity index (χ3v) is 4.04. The fourth-order valence-corrected chi connectivity index (χ4v) is 3.02. The highest BCUT2D eigenvalue weighted by atomic mass is 35.5. The summed E-state index contributed by atoms with van der Waals surface area (Å²) in [5.74, 6) is -0.966. The van der Waals surface area contributed by atoms with Gasteiger partial charge in [-0.1, -0.05) is 24.6 Å². The third kappa shape index (κ3) is 1.99. The number of carboxylic acids is 1. The Hall–Kier alpha value is -2.34. The average molecular weight is 307 g/mol. The fraction of sp³-hybridized carbons (Fsp3) is 0.214. The molecule has 0 aliphatic heterocycles. The number of rotatable bonds is 2. The highest BCUT2D eigenvalue weighted by Gasteiger charge is 2.37. The first kappa shape index (κ1) is 13.6. The maximum atomic E-state index is 11.6. The molecule has 21 heavy (non-hydrogen) atoms. The van der Waals surface area contributed by atoms with E-state index in [0.29, 0.717) is 26.9 Å². The minimum Gasteiger partial charge on any atom is -0.481 e. The van der Waals surface area contributed by atoms with Crippen molar-refractivity contribution in [2.45, 2.75) is 13.3 Å². The number of nitrogens with one attached hydrogen (secondary N) is 2. The molecule has 1 aromatic heterocycles. The minimum atomic E-state index is -0.966. The summed E-state index contributed by atoms with van der Waals surface area (Å²) >= 11 is 6.16. The summed E-state index contributed by atoms with van der Waals surface area (Å²) in [4.78, 5) is 39.1. The van der Waals surface area contributed by atoms with Crippen LogP contribution >= 0.6 is 11.6 Å². The van der Waals surface area contributed by atoms with Crippen LogP contribution in [-0.4, -0.2) is 21.0 Å². The molecule has 0 saturated carbocycles. The van der Waals surface area contributed by atoms with E-state index in [-0.39, 0.29) is 6.42 Å². The van der Waals surface area contributed by atoms with Gasteiger partial charge in [0.25, 0.3) is 0 Å². The second-order valence-corrected chi connectivity index (χ2v) is 5.71. The number of aromatic nitrogens is 2. The van der Waals surface area contributed by atoms with E-state index in [0.717, 1.165) is 0 Å². The van der Waals surface area contributed by atoms with Crippen molar-refractivity contribution in [2.24, 2.45) is 5.41 Å². The average Bonchev–Trinajstić information content (AvgIpc) is 2.74. The fourth-order valence-electron chi connectivity index (χ4n) is 2.81. The van der Waals surface area contributed by atoms with Crippen LogP contribution in [0.1, 0.15) is 13.3 Å². The van der Waals surface area contributed by atoms with E-state index in [1.807, 2.05) is 0 Å². The second-order valence-electron chi connectivity index (χ2n) is 5.30. The summed E-state index contributed by atoms with van der Waals surface area (Å²) in [6.07, 6.45) is 4.84. The van der Waals surface area contributed by atoms with Crippen molar-refractivity contribution < 1.29 is 9.90 Å². The predicted molar refractivity (Wildman–Crippen MR) is 77.2 cm³/mol. The predicted octanol–water partition coefficient (Wildman–Crippen LogP) is -0.448. The summed E-state index contributed by atoms with van der Waals surface area (Å²) < 4.78 is 0. The van der Waals surface area contributed by atoms with Gasteiger partial charge in [0.1, 0.15) is 0 Å². The molecule has 1 unspecified atom stereocenters. The van der Waals surface area contributed by atoms with Crippen LogP contribution < -0.4 is 21.8 Å². The largest absolute Gasteiger partial charge is 0.481 e. The Morgan fingerprint density at radius 2 is 2.00 bits per heavy atom. The van der Waals surface area contributed by atoms with Crippen LogP contribution in [0.15, 0.2) is 32.3 Å². The Kier molecular flexibility index (Phi) is 2.81. The van der Waals surface area contributed by atoms with Crippen LogP contribution in [-0.2, 0) is 4.79 Å². The van der Waals surface area contributed by atoms with E-state index < -0.39 is 22.5 Å². The maximum absolute atomic E-state index is 11.6. The van der Waals surface area contributed by atoms with Crippen molar-refractivity contribution in [3.05, 3.63) is 54.2 Å². The molecule has 0 saturated heterocycles. The van der Waals surface area contributed by atoms with E-state index in [1.54, 1.807) is 25.2 Å². The first-order chi connectivity index (χ1) is 9.82. The molecule has 0 bridgehead atoms. The lowest BCUT2D eigenvalue weighted by Crippen LogP contribution is -2.47. The molecule has 108 valence electrons. The van der Waals surface area contributed by atoms with E-state index >= 15 is 0 Å². The molecular formula is C14H11ClN2O4. The molecule has 1 atom stereocenters. The van der Waals surface area contributed by atoms with Gasteiger partial charge in [-0.2, -0.15) is 0 Å². The van der Waals surface area contributed by atoms with Crippen LogP contribution in [0.25, 0.3) is 11.6 Å². The standard InChI is InChI=1S/C14H11ClN2O4/c1-14(5-9(18)19)3-2-7(15)6-4-8-11(10(6)14)17-13(21)12(20)16-8/h2-4H,5H2,1H3,(H,16,20)(H,17,21)(H,18,19). The van der Waals surface area contributed by atoms with Gasteiger partial charge >= 0.3 is 17.1 Å². The Morgan fingerprint density at radius 1 is 1.33 bits per heavy atom. The SMILES string of the molecule is CC1(CC(=O)O)C=CC(Cl)=C2C=c3[nH]c(=O)c(=O)[nH]c3=C21. The summed E-state index contributed by atoms with van der Waals surface area (Å²) in [6.45, 7) is 1.75. The van der Waals surface area contributed by atoms with Crippen molar-refractivity contribution in [1.82, 2.24) is 9.97 Å². The minimum absolute atomic E-state index is 0.152. The van der Waals surface area contributed by atoms with Crippen molar-refractivity contribution in [2.75, 3.05) is 0 Å². The van der Waals surface area contributed by atoms with Gasteiger partial charge in [0.05, 0.1) is 17.1 Å². The van der Waals surface area contributed by atoms with E-state index in [1.165, 1.54) is 0 Å². The number of hydrogen-bond acceptors (Lipinski definition) is 3. The topological polar surface area (TPSA) is 103 Å². The Morgan fingerprint density at radius 3 is 2.67 bits per heavy atom. The molecule has 0 aromatic carbocycles. The monoisotopic (exact) mass is 306 g/mol. The van der Waals surface area contributed by atoms with Crippen LogP contribution in [0.3, 0.4) is 0 Å². The molecule has 0 fully saturated rings. The highest BCUT2D eigenvalue weighted by Crippen LogP contribution is 2.44. The molecule has 0 amide bonds. The van der Waals surface area contributed by atoms with Gasteiger partial charge < -0.3 is 15.1 Å². The van der Waals surface area contributed by atoms with Gasteiger partial charge in [-0.05, 0) is 17.7 Å². The number of aliphatic carboxylic acids is 1. The molecule has 3 rings (SSSR count). The van der Waals surface area contributed by atoms with Crippen molar-refractivity contribution in [1.29, 1.82) is 0 Å². The number of carbonyl (C=O) groups is 1. The van der Waals surface area contributed by atoms with Gasteiger partial charge in [-0.15, -0.1) is 0 Å². The molecular weight excluding hydrogens is 296 g/mol. The van der Waals surface area contributed by atoms with Crippen LogP contribution in [0.5, 0.6) is 0 Å². The van der Waals surface area contributed by atoms with Crippen molar-refractivity contribution >= 4 is 29.2 Å². The number of H-pyrrole nitrogens is 2. The molecule has 2 aliphatic carbocycles. The van der Waals surface area contributed by atoms with Crippen LogP contribution in [0.4, 0.5) is 0 Å². The van der Waals surface area contributed by atoms with Gasteiger partial charge in [0, 0.05) is 16.0 Å². The van der Waals surface area contributed by atoms with Gasteiger partial charge in [0.15, 0.2) is 0 Å². The quantitative estimate of drug-likeness (QED) is 0.644. The second kappa shape index (κ2) is 4.33. The highest BCUT2D eigenvalue weighted by molar-refractivity contribution is 6.33. The van der Waals surface area contributed by atoms with E-state index in [4.69, 9.17) is 16.7 Å². The lowest BCUT2D eigenvalue weighted by Gasteiger charge is -2.30. The lowest BCUT2D eigenvalue weighted by atomic mass is 9.74. The lowest BCUT2D eigenvalue weighted by molar-refractivity contribution is -0.138. The number of fused-ring (bicyclic) bond motifs is 2. The molecule has 3 N–H and O–H groups in total. The van der Waals surface area contributed by atoms with Crippen molar-refractivity contribution in [3.63, 3.8) is 0 Å². The van der Waals surface area contributed by atoms with E-state index in [9.17, 15) is 14.4 Å². The summed E-state index contributed by atoms with van der Waals surface area (Å²) in [5, 5.41) is 10.4. The van der Waals surface area contributed by atoms with E-state index in [2.05, 4.69) is 9.97 Å². The molecule has 0 radical (unpaired) electrons. The number of hydrogen-bond donors (Lipinski definition) is 3. The number of aromatic amines is 2. The molecule has 6 nitrogen and oxygen atoms in total. The Bertz CT molecular complexity index is 964. The number of allylic oxidation sites excluding steroid dienone is 4. The molecule has 7 heteroatoms. The summed E-state index contributed by atoms with van der Waals surface area (Å²) in [7, 11) is 0. The van der Waals surface area contributed by atoms with Gasteiger partial charge in [0.2, 0.25) is 0 Å². The zero-order valence-corrected chi connectivity index (χ0v) is 11.7. The Balaban J connectivity index is 2.43. The normalized spacial score (nSPS) is 22.9. The maximum Gasteiger partial charge on any atom is 0.314 e. The zero-order valence-electron chi connectivity index (χ0n) is 11.0. The number of carboxylic acid groups (broad SMARTS) is 1. The number of halogens is 1. The molecule has 0 spiro atoms. The first-order valence-corrected chi connectivity index (χ1v) is 6.60. The smallest absolute Gasteiger partial charge is 0.314 e. The zero-order chi connectivity index (χ0) is 15.4. The Labute approximate surface area is 122 Å². The third-order valence-electron chi connectivity index (χ3n) is 3.71. The molecule has 1 heterocycles. The molecule has 1 aromatic rings. The summed E-state index contributed by atoms with van der Waals surface area (Å²) in [5.41, 5.74) is -1.12.